The van der Waals surface area contributed by atoms with Crippen molar-refractivity contribution in [2.75, 3.05) is 7.05 Å². The van der Waals surface area contributed by atoms with Crippen LogP contribution in [0.5, 0.6) is 0 Å². The highest BCUT2D eigenvalue weighted by atomic mass is 16.2. The summed E-state index contributed by atoms with van der Waals surface area (Å²) in [6.45, 7) is 1.67. The van der Waals surface area contributed by atoms with Gasteiger partial charge in [-0.25, -0.2) is 0 Å². The van der Waals surface area contributed by atoms with Crippen LogP contribution in [0.3, 0.4) is 0 Å². The molecule has 0 aliphatic heterocycles. The van der Waals surface area contributed by atoms with Crippen LogP contribution in [0.15, 0.2) is 0 Å². The Kier molecular flexibility index (Phi) is 4.93. The number of carbonyl (C=O) groups excluding carboxylic acids is 2. The zero-order valence-electron chi connectivity index (χ0n) is 10.7. The second-order valence-corrected chi connectivity index (χ2v) is 5.00. The minimum Gasteiger partial charge on any atom is -0.357 e. The molecule has 1 atom stereocenters. The summed E-state index contributed by atoms with van der Waals surface area (Å²) in [4.78, 5) is 23.0. The van der Waals surface area contributed by atoms with Gasteiger partial charge in [-0.3, -0.25) is 9.59 Å². The number of carbonyl (C=O) groups is 2. The summed E-state index contributed by atoms with van der Waals surface area (Å²) in [6, 6.07) is -0.500. The van der Waals surface area contributed by atoms with Gasteiger partial charge >= 0.3 is 0 Å². The van der Waals surface area contributed by atoms with E-state index in [-0.39, 0.29) is 17.4 Å². The van der Waals surface area contributed by atoms with Gasteiger partial charge in [0.15, 0.2) is 0 Å². The number of hydrogen-bond acceptors (Lipinski definition) is 3. The molecule has 17 heavy (non-hydrogen) atoms. The average molecular weight is 241 g/mol. The molecule has 0 radical (unpaired) electrons. The van der Waals surface area contributed by atoms with Crippen molar-refractivity contribution in [3.63, 3.8) is 0 Å². The van der Waals surface area contributed by atoms with Crippen molar-refractivity contribution in [3.8, 4) is 0 Å². The lowest BCUT2D eigenvalue weighted by Gasteiger charge is -2.33. The van der Waals surface area contributed by atoms with Crippen LogP contribution in [0.25, 0.3) is 0 Å². The fourth-order valence-corrected chi connectivity index (χ4v) is 2.33. The fourth-order valence-electron chi connectivity index (χ4n) is 2.33. The molecule has 2 amide bonds. The molecule has 0 aromatic heterocycles. The van der Waals surface area contributed by atoms with E-state index in [4.69, 9.17) is 5.73 Å². The lowest BCUT2D eigenvalue weighted by molar-refractivity contribution is -0.129. The Morgan fingerprint density at radius 3 is 2.41 bits per heavy atom. The molecule has 0 saturated heterocycles. The van der Waals surface area contributed by atoms with E-state index in [2.05, 4.69) is 10.6 Å². The fraction of sp³-hybridized carbons (Fsp3) is 0.833. The molecule has 1 aliphatic carbocycles. The van der Waals surface area contributed by atoms with Crippen molar-refractivity contribution < 1.29 is 9.59 Å². The molecule has 0 bridgehead atoms. The van der Waals surface area contributed by atoms with Gasteiger partial charge < -0.3 is 16.4 Å². The Bertz CT molecular complexity index is 285. The van der Waals surface area contributed by atoms with Crippen molar-refractivity contribution in [1.82, 2.24) is 10.6 Å². The quantitative estimate of drug-likeness (QED) is 0.661. The summed E-state index contributed by atoms with van der Waals surface area (Å²) >= 11 is 0. The van der Waals surface area contributed by atoms with Crippen LogP contribution in [0.1, 0.15) is 45.4 Å². The van der Waals surface area contributed by atoms with Gasteiger partial charge in [0.1, 0.15) is 6.04 Å². The highest BCUT2D eigenvalue weighted by Crippen LogP contribution is 2.28. The largest absolute Gasteiger partial charge is 0.357 e. The molecular weight excluding hydrogens is 218 g/mol. The summed E-state index contributed by atoms with van der Waals surface area (Å²) in [7, 11) is 1.55. The summed E-state index contributed by atoms with van der Waals surface area (Å²) in [6.07, 6.45) is 5.50. The van der Waals surface area contributed by atoms with E-state index < -0.39 is 6.04 Å². The topological polar surface area (TPSA) is 84.2 Å². The predicted octanol–water partition coefficient (Wildman–Crippen LogP) is 0.289. The Balaban J connectivity index is 2.40. The molecule has 0 aromatic rings. The lowest BCUT2D eigenvalue weighted by Crippen LogP contribution is -2.49. The molecule has 0 spiro atoms. The Labute approximate surface area is 103 Å². The van der Waals surface area contributed by atoms with E-state index in [0.717, 1.165) is 25.7 Å². The SMILES string of the molecule is CNC(=O)C(C)NC(=O)CC1(N)CCCCC1. The second-order valence-electron chi connectivity index (χ2n) is 5.00. The lowest BCUT2D eigenvalue weighted by atomic mass is 9.80. The van der Waals surface area contributed by atoms with Crippen LogP contribution in [-0.4, -0.2) is 30.4 Å². The minimum atomic E-state index is -0.500. The van der Waals surface area contributed by atoms with Gasteiger partial charge in [-0.15, -0.1) is 0 Å². The molecule has 4 N–H and O–H groups in total. The molecule has 1 saturated carbocycles. The Morgan fingerprint density at radius 1 is 1.29 bits per heavy atom. The first-order valence-corrected chi connectivity index (χ1v) is 6.27. The third kappa shape index (κ3) is 4.34. The van der Waals surface area contributed by atoms with Crippen molar-refractivity contribution in [1.29, 1.82) is 0 Å². The highest BCUT2D eigenvalue weighted by Gasteiger charge is 2.30. The van der Waals surface area contributed by atoms with Crippen LogP contribution in [-0.2, 0) is 9.59 Å². The standard InChI is InChI=1S/C12H23N3O2/c1-9(11(17)14-2)15-10(16)8-12(13)6-4-3-5-7-12/h9H,3-8,13H2,1-2H3,(H,14,17)(H,15,16). The van der Waals surface area contributed by atoms with E-state index in [9.17, 15) is 9.59 Å². The van der Waals surface area contributed by atoms with Crippen LogP contribution in [0, 0.1) is 0 Å². The molecule has 0 heterocycles. The van der Waals surface area contributed by atoms with Crippen LogP contribution >= 0.6 is 0 Å². The number of nitrogens with one attached hydrogen (secondary N) is 2. The molecule has 5 nitrogen and oxygen atoms in total. The minimum absolute atomic E-state index is 0.134. The van der Waals surface area contributed by atoms with Gasteiger partial charge in [-0.2, -0.15) is 0 Å². The first kappa shape index (κ1) is 14.0. The summed E-state index contributed by atoms with van der Waals surface area (Å²) in [5.41, 5.74) is 5.81. The van der Waals surface area contributed by atoms with E-state index in [1.165, 1.54) is 6.42 Å². The first-order valence-electron chi connectivity index (χ1n) is 6.27. The number of rotatable bonds is 4. The van der Waals surface area contributed by atoms with Crippen LogP contribution in [0.4, 0.5) is 0 Å². The Hall–Kier alpha value is -1.10. The van der Waals surface area contributed by atoms with Crippen molar-refractivity contribution in [2.45, 2.75) is 57.0 Å². The van der Waals surface area contributed by atoms with Gasteiger partial charge in [0.2, 0.25) is 11.8 Å². The normalized spacial score (nSPS) is 20.4. The Morgan fingerprint density at radius 2 is 1.88 bits per heavy atom. The zero-order chi connectivity index (χ0) is 12.9. The molecule has 1 aliphatic rings. The molecule has 0 aromatic carbocycles. The van der Waals surface area contributed by atoms with Crippen LogP contribution in [0.2, 0.25) is 0 Å². The second kappa shape index (κ2) is 6.00. The molecule has 98 valence electrons. The number of nitrogens with two attached hydrogens (primary N) is 1. The van der Waals surface area contributed by atoms with Crippen LogP contribution < -0.4 is 16.4 Å². The summed E-state index contributed by atoms with van der Waals surface area (Å²) < 4.78 is 0. The average Bonchev–Trinajstić information content (AvgIpc) is 2.27. The zero-order valence-corrected chi connectivity index (χ0v) is 10.7. The van der Waals surface area contributed by atoms with E-state index >= 15 is 0 Å². The maximum atomic E-state index is 11.8. The van der Waals surface area contributed by atoms with Gasteiger partial charge in [0.25, 0.3) is 0 Å². The first-order chi connectivity index (χ1) is 7.97. The maximum Gasteiger partial charge on any atom is 0.242 e. The van der Waals surface area contributed by atoms with Gasteiger partial charge in [0, 0.05) is 19.0 Å². The third-order valence-electron chi connectivity index (χ3n) is 3.38. The molecule has 1 fully saturated rings. The smallest absolute Gasteiger partial charge is 0.242 e. The molecular formula is C12H23N3O2. The molecule has 1 unspecified atom stereocenters. The summed E-state index contributed by atoms with van der Waals surface area (Å²) in [5.74, 6) is -0.321. The number of hydrogen-bond donors (Lipinski definition) is 3. The van der Waals surface area contributed by atoms with Crippen molar-refractivity contribution in [2.24, 2.45) is 5.73 Å². The van der Waals surface area contributed by atoms with Crippen molar-refractivity contribution in [3.05, 3.63) is 0 Å². The third-order valence-corrected chi connectivity index (χ3v) is 3.38. The van der Waals surface area contributed by atoms with Gasteiger partial charge in [-0.1, -0.05) is 19.3 Å². The highest BCUT2D eigenvalue weighted by molar-refractivity contribution is 5.87. The molecule has 1 rings (SSSR count). The number of likely N-dealkylation sites (N-methyl/N-ethyl adjacent to an activating group) is 1. The van der Waals surface area contributed by atoms with Gasteiger partial charge in [-0.05, 0) is 19.8 Å². The van der Waals surface area contributed by atoms with E-state index in [1.54, 1.807) is 14.0 Å². The maximum absolute atomic E-state index is 11.8. The van der Waals surface area contributed by atoms with Gasteiger partial charge in [0.05, 0.1) is 0 Å². The number of amides is 2. The van der Waals surface area contributed by atoms with Crippen molar-refractivity contribution >= 4 is 11.8 Å². The van der Waals surface area contributed by atoms with E-state index in [1.807, 2.05) is 0 Å². The monoisotopic (exact) mass is 241 g/mol. The summed E-state index contributed by atoms with van der Waals surface area (Å²) in [5, 5.41) is 5.17. The van der Waals surface area contributed by atoms with E-state index in [0.29, 0.717) is 6.42 Å². The molecule has 5 heteroatoms. The predicted molar refractivity (Wildman–Crippen MR) is 66.3 cm³/mol.